The summed E-state index contributed by atoms with van der Waals surface area (Å²) < 4.78 is 16.6. The van der Waals surface area contributed by atoms with Crippen LogP contribution in [0.15, 0.2) is 70.2 Å². The molecule has 11 heteroatoms. The maximum absolute atomic E-state index is 12.7. The topological polar surface area (TPSA) is 115 Å². The largest absolute Gasteiger partial charge is 0.493 e. The molecule has 3 aromatic carbocycles. The Kier molecular flexibility index (Phi) is 9.43. The van der Waals surface area contributed by atoms with E-state index in [1.165, 1.54) is 26.5 Å². The molecule has 0 saturated carbocycles. The van der Waals surface area contributed by atoms with Gasteiger partial charge in [-0.2, -0.15) is 5.10 Å². The van der Waals surface area contributed by atoms with Gasteiger partial charge in [0, 0.05) is 10.0 Å². The maximum Gasteiger partial charge on any atom is 0.343 e. The molecule has 36 heavy (non-hydrogen) atoms. The fourth-order valence-corrected chi connectivity index (χ4v) is 3.55. The molecule has 2 amide bonds. The van der Waals surface area contributed by atoms with E-state index < -0.39 is 17.8 Å². The van der Waals surface area contributed by atoms with Crippen LogP contribution in [0.5, 0.6) is 17.2 Å². The van der Waals surface area contributed by atoms with Crippen molar-refractivity contribution in [2.45, 2.75) is 0 Å². The molecule has 0 fully saturated rings. The van der Waals surface area contributed by atoms with E-state index in [1.807, 2.05) is 0 Å². The van der Waals surface area contributed by atoms with Crippen LogP contribution in [0.4, 0.5) is 0 Å². The van der Waals surface area contributed by atoms with Gasteiger partial charge >= 0.3 is 5.97 Å². The second-order valence-corrected chi connectivity index (χ2v) is 8.42. The lowest BCUT2D eigenvalue weighted by Crippen LogP contribution is -2.35. The zero-order chi connectivity index (χ0) is 26.1. The molecule has 0 aliphatic heterocycles. The van der Waals surface area contributed by atoms with Gasteiger partial charge in [0.15, 0.2) is 11.5 Å². The van der Waals surface area contributed by atoms with Crippen LogP contribution in [-0.2, 0) is 4.79 Å². The van der Waals surface area contributed by atoms with Crippen molar-refractivity contribution < 1.29 is 28.6 Å². The number of amides is 2. The van der Waals surface area contributed by atoms with Gasteiger partial charge in [0.1, 0.15) is 5.75 Å². The Morgan fingerprint density at radius 2 is 1.69 bits per heavy atom. The highest BCUT2D eigenvalue weighted by molar-refractivity contribution is 9.10. The van der Waals surface area contributed by atoms with E-state index in [0.29, 0.717) is 21.5 Å². The molecule has 3 aromatic rings. The first-order valence-corrected chi connectivity index (χ1v) is 11.6. The standard InChI is InChI=1S/C25H21BrClN3O6/c1-34-21-9-7-15(12-22(21)35-2)25(33)36-20-10-8-17(26)11-16(20)13-29-30-23(31)14-28-24(32)18-5-3-4-6-19(18)27/h3-13H,14H2,1-2H3,(H,28,32)(H,30,31)/b29-13-. The first kappa shape index (κ1) is 26.7. The Balaban J connectivity index is 1.63. The summed E-state index contributed by atoms with van der Waals surface area (Å²) in [5.74, 6) is -0.609. The number of carbonyl (C=O) groups is 3. The molecule has 0 heterocycles. The van der Waals surface area contributed by atoms with Gasteiger partial charge in [-0.1, -0.05) is 39.7 Å². The second-order valence-electron chi connectivity index (χ2n) is 7.10. The van der Waals surface area contributed by atoms with Gasteiger partial charge in [-0.05, 0) is 48.5 Å². The van der Waals surface area contributed by atoms with E-state index >= 15 is 0 Å². The van der Waals surface area contributed by atoms with Crippen molar-refractivity contribution in [2.24, 2.45) is 5.10 Å². The van der Waals surface area contributed by atoms with Crippen LogP contribution < -0.4 is 25.0 Å². The highest BCUT2D eigenvalue weighted by Crippen LogP contribution is 2.29. The van der Waals surface area contributed by atoms with Crippen LogP contribution in [-0.4, -0.2) is 44.8 Å². The molecule has 0 aliphatic carbocycles. The summed E-state index contributed by atoms with van der Waals surface area (Å²) in [5.41, 5.74) is 3.23. The van der Waals surface area contributed by atoms with Crippen LogP contribution in [0.1, 0.15) is 26.3 Å². The number of ether oxygens (including phenoxy) is 3. The van der Waals surface area contributed by atoms with Crippen LogP contribution in [0.3, 0.4) is 0 Å². The second kappa shape index (κ2) is 12.7. The quantitative estimate of drug-likeness (QED) is 0.171. The number of rotatable bonds is 9. The van der Waals surface area contributed by atoms with E-state index in [1.54, 1.807) is 54.6 Å². The molecule has 0 aliphatic rings. The molecule has 2 N–H and O–H groups in total. The number of halogens is 2. The molecule has 0 atom stereocenters. The Morgan fingerprint density at radius 1 is 0.972 bits per heavy atom. The summed E-state index contributed by atoms with van der Waals surface area (Å²) in [5, 5.41) is 6.63. The SMILES string of the molecule is COc1ccc(C(=O)Oc2ccc(Br)cc2/C=N\NC(=O)CNC(=O)c2ccccc2Cl)cc1OC. The van der Waals surface area contributed by atoms with E-state index in [4.69, 9.17) is 25.8 Å². The van der Waals surface area contributed by atoms with Crippen LogP contribution >= 0.6 is 27.5 Å². The highest BCUT2D eigenvalue weighted by atomic mass is 79.9. The summed E-state index contributed by atoms with van der Waals surface area (Å²) in [4.78, 5) is 36.9. The number of nitrogens with zero attached hydrogens (tertiary/aromatic N) is 1. The monoisotopic (exact) mass is 573 g/mol. The van der Waals surface area contributed by atoms with Crippen molar-refractivity contribution in [3.63, 3.8) is 0 Å². The summed E-state index contributed by atoms with van der Waals surface area (Å²) >= 11 is 9.33. The van der Waals surface area contributed by atoms with E-state index in [2.05, 4.69) is 31.8 Å². The fraction of sp³-hybridized carbons (Fsp3) is 0.120. The molecular weight excluding hydrogens is 554 g/mol. The van der Waals surface area contributed by atoms with Gasteiger partial charge in [0.2, 0.25) is 0 Å². The lowest BCUT2D eigenvalue weighted by molar-refractivity contribution is -0.120. The van der Waals surface area contributed by atoms with Crippen molar-refractivity contribution in [3.8, 4) is 17.2 Å². The van der Waals surface area contributed by atoms with E-state index in [9.17, 15) is 14.4 Å². The molecular formula is C25H21BrClN3O6. The number of methoxy groups -OCH3 is 2. The molecule has 0 bridgehead atoms. The van der Waals surface area contributed by atoms with Gasteiger partial charge in [-0.15, -0.1) is 0 Å². The maximum atomic E-state index is 12.7. The summed E-state index contributed by atoms with van der Waals surface area (Å²) in [6, 6.07) is 16.1. The Bertz CT molecular complexity index is 1310. The summed E-state index contributed by atoms with van der Waals surface area (Å²) in [6.07, 6.45) is 1.32. The van der Waals surface area contributed by atoms with Gasteiger partial charge in [0.25, 0.3) is 11.8 Å². The smallest absolute Gasteiger partial charge is 0.343 e. The number of carbonyl (C=O) groups excluding carboxylic acids is 3. The average Bonchev–Trinajstić information content (AvgIpc) is 2.88. The van der Waals surface area contributed by atoms with Crippen LogP contribution in [0.2, 0.25) is 5.02 Å². The van der Waals surface area contributed by atoms with Gasteiger partial charge < -0.3 is 19.5 Å². The van der Waals surface area contributed by atoms with E-state index in [-0.39, 0.29) is 28.4 Å². The number of esters is 1. The zero-order valence-corrected chi connectivity index (χ0v) is 21.6. The van der Waals surface area contributed by atoms with Gasteiger partial charge in [-0.25, -0.2) is 10.2 Å². The molecule has 0 spiro atoms. The zero-order valence-electron chi connectivity index (χ0n) is 19.2. The third-order valence-corrected chi connectivity index (χ3v) is 5.54. The predicted octanol–water partition coefficient (Wildman–Crippen LogP) is 4.22. The minimum Gasteiger partial charge on any atom is -0.493 e. The molecule has 0 unspecified atom stereocenters. The number of hydrogen-bond donors (Lipinski definition) is 2. The van der Waals surface area contributed by atoms with Crippen molar-refractivity contribution in [3.05, 3.63) is 86.8 Å². The first-order valence-electron chi connectivity index (χ1n) is 10.4. The number of hydrogen-bond acceptors (Lipinski definition) is 7. The number of benzene rings is 3. The van der Waals surface area contributed by atoms with Crippen LogP contribution in [0, 0.1) is 0 Å². The van der Waals surface area contributed by atoms with Gasteiger partial charge in [0.05, 0.1) is 43.1 Å². The van der Waals surface area contributed by atoms with E-state index in [0.717, 1.165) is 0 Å². The highest BCUT2D eigenvalue weighted by Gasteiger charge is 2.15. The number of hydrazone groups is 1. The van der Waals surface area contributed by atoms with Gasteiger partial charge in [-0.3, -0.25) is 9.59 Å². The lowest BCUT2D eigenvalue weighted by atomic mass is 10.2. The molecule has 186 valence electrons. The van der Waals surface area contributed by atoms with Crippen LogP contribution in [0.25, 0.3) is 0 Å². The molecule has 0 saturated heterocycles. The number of nitrogens with one attached hydrogen (secondary N) is 2. The minimum atomic E-state index is -0.626. The third kappa shape index (κ3) is 7.06. The fourth-order valence-electron chi connectivity index (χ4n) is 2.95. The van der Waals surface area contributed by atoms with Crippen molar-refractivity contribution in [1.29, 1.82) is 0 Å². The lowest BCUT2D eigenvalue weighted by Gasteiger charge is -2.11. The molecule has 0 aromatic heterocycles. The summed E-state index contributed by atoms with van der Waals surface area (Å²) in [6.45, 7) is -0.318. The van der Waals surface area contributed by atoms with Crippen molar-refractivity contribution in [2.75, 3.05) is 20.8 Å². The Labute approximate surface area is 220 Å². The average molecular weight is 575 g/mol. The molecule has 3 rings (SSSR count). The summed E-state index contributed by atoms with van der Waals surface area (Å²) in [7, 11) is 2.96. The minimum absolute atomic E-state index is 0.211. The predicted molar refractivity (Wildman–Crippen MR) is 138 cm³/mol. The normalized spacial score (nSPS) is 10.6. The van der Waals surface area contributed by atoms with Crippen molar-refractivity contribution in [1.82, 2.24) is 10.7 Å². The third-order valence-electron chi connectivity index (χ3n) is 4.71. The molecule has 0 radical (unpaired) electrons. The molecule has 9 nitrogen and oxygen atoms in total. The Hall–Kier alpha value is -3.89. The first-order chi connectivity index (χ1) is 17.3. The van der Waals surface area contributed by atoms with Crippen molar-refractivity contribution >= 4 is 51.5 Å². The Morgan fingerprint density at radius 3 is 2.42 bits per heavy atom.